The van der Waals surface area contributed by atoms with Crippen LogP contribution >= 0.6 is 11.6 Å². The fourth-order valence-electron chi connectivity index (χ4n) is 8.28. The minimum Gasteiger partial charge on any atom is -0.447 e. The second-order valence-electron chi connectivity index (χ2n) is 11.4. The molecule has 0 amide bonds. The number of esters is 1. The van der Waals surface area contributed by atoms with Gasteiger partial charge in [-0.3, -0.25) is 9.59 Å². The Bertz CT molecular complexity index is 1180. The van der Waals surface area contributed by atoms with Gasteiger partial charge in [0, 0.05) is 22.7 Å². The Hall–Kier alpha value is -2.31. The zero-order valence-corrected chi connectivity index (χ0v) is 21.6. The van der Waals surface area contributed by atoms with Gasteiger partial charge in [0.15, 0.2) is 22.8 Å². The van der Waals surface area contributed by atoms with E-state index in [0.717, 1.165) is 0 Å². The third kappa shape index (κ3) is 3.06. The van der Waals surface area contributed by atoms with Crippen molar-refractivity contribution in [3.8, 4) is 0 Å². The molecule has 5 rings (SSSR count). The van der Waals surface area contributed by atoms with Crippen LogP contribution in [0.2, 0.25) is 0 Å². The number of hydrogen-bond acceptors (Lipinski definition) is 5. The molecule has 0 aliphatic heterocycles. The number of alkyl halides is 2. The summed E-state index contributed by atoms with van der Waals surface area (Å²) < 4.78 is 23.5. The normalized spacial score (nSPS) is 43.2. The highest BCUT2D eigenvalue weighted by atomic mass is 35.5. The largest absolute Gasteiger partial charge is 0.447 e. The van der Waals surface area contributed by atoms with E-state index in [1.807, 2.05) is 13.8 Å². The fraction of sp³-hybridized carbons (Fsp3) is 0.552. The number of rotatable bonds is 4. The minimum absolute atomic E-state index is 0.0651. The predicted octanol–water partition coefficient (Wildman–Crippen LogP) is 5.01. The molecule has 0 bridgehead atoms. The van der Waals surface area contributed by atoms with Crippen molar-refractivity contribution in [2.24, 2.45) is 28.6 Å². The molecular weight excluding hydrogens is 483 g/mol. The molecule has 4 aliphatic carbocycles. The number of allylic oxidation sites excluding steroid dienone is 4. The van der Waals surface area contributed by atoms with E-state index in [0.29, 0.717) is 30.4 Å². The smallest absolute Gasteiger partial charge is 0.339 e. The first-order chi connectivity index (χ1) is 17.0. The lowest BCUT2D eigenvalue weighted by Crippen LogP contribution is -2.70. The van der Waals surface area contributed by atoms with Crippen LogP contribution in [0.5, 0.6) is 0 Å². The summed E-state index contributed by atoms with van der Waals surface area (Å²) in [5, 5.41) is 11.6. The molecule has 1 N–H and O–H groups in total. The van der Waals surface area contributed by atoms with Gasteiger partial charge in [0.05, 0.1) is 17.5 Å². The van der Waals surface area contributed by atoms with Crippen molar-refractivity contribution in [1.82, 2.24) is 0 Å². The van der Waals surface area contributed by atoms with Gasteiger partial charge in [0.1, 0.15) is 0 Å². The van der Waals surface area contributed by atoms with Gasteiger partial charge in [0.2, 0.25) is 0 Å². The number of carbonyl (C=O) groups is 3. The topological polar surface area (TPSA) is 80.7 Å². The maximum Gasteiger partial charge on any atom is 0.339 e. The Morgan fingerprint density at radius 2 is 1.89 bits per heavy atom. The standard InChI is InChI=1S/C29H32ClFO5/c1-17-13-22-21-10-9-19-14-20(32)11-12-26(19,2)28(21,31)23(33)15-27(22,3)29(17,24(34)16-30)36-25(35)18-7-5-4-6-8-18/h4-8,11-12,14,17,21-23,33H,9-10,13,15-16H2,1-3H3/t17?,21-,22-,23?,26-,27-,28-,29-/m0/s1. The number of hydrogen-bond donors (Lipinski definition) is 1. The summed E-state index contributed by atoms with van der Waals surface area (Å²) in [5.74, 6) is -2.93. The van der Waals surface area contributed by atoms with Crippen LogP contribution in [-0.4, -0.2) is 45.9 Å². The summed E-state index contributed by atoms with van der Waals surface area (Å²) in [7, 11) is 0. The van der Waals surface area contributed by atoms with Crippen LogP contribution < -0.4 is 0 Å². The van der Waals surface area contributed by atoms with Gasteiger partial charge in [-0.15, -0.1) is 11.6 Å². The van der Waals surface area contributed by atoms with Gasteiger partial charge in [0.25, 0.3) is 0 Å². The van der Waals surface area contributed by atoms with E-state index in [-0.39, 0.29) is 24.0 Å². The van der Waals surface area contributed by atoms with Crippen molar-refractivity contribution in [3.63, 3.8) is 0 Å². The van der Waals surface area contributed by atoms with Crippen molar-refractivity contribution >= 4 is 29.1 Å². The Balaban J connectivity index is 1.61. The maximum atomic E-state index is 17.4. The quantitative estimate of drug-likeness (QED) is 0.451. The Kier molecular flexibility index (Phi) is 5.88. The number of halogens is 2. The summed E-state index contributed by atoms with van der Waals surface area (Å²) in [6, 6.07) is 8.45. The zero-order valence-electron chi connectivity index (χ0n) is 20.8. The lowest BCUT2D eigenvalue weighted by molar-refractivity contribution is -0.218. The van der Waals surface area contributed by atoms with E-state index in [1.54, 1.807) is 43.3 Å². The number of aliphatic hydroxyl groups is 1. The Morgan fingerprint density at radius 3 is 2.56 bits per heavy atom. The number of carbonyl (C=O) groups excluding carboxylic acids is 3. The van der Waals surface area contributed by atoms with Gasteiger partial charge in [-0.05, 0) is 62.8 Å². The highest BCUT2D eigenvalue weighted by molar-refractivity contribution is 6.29. The molecule has 1 aromatic rings. The molecule has 7 heteroatoms. The van der Waals surface area contributed by atoms with E-state index < -0.39 is 51.8 Å². The summed E-state index contributed by atoms with van der Waals surface area (Å²) in [6.07, 6.45) is 4.41. The van der Waals surface area contributed by atoms with Gasteiger partial charge in [-0.1, -0.05) is 43.7 Å². The SMILES string of the molecule is CC1C[C@H]2[C@@H]3CCC4=CC(=O)C=C[C@]4(C)[C@@]3(F)C(O)C[C@]2(C)[C@@]1(OC(=O)c1ccccc1)C(=O)CCl. The molecule has 3 fully saturated rings. The van der Waals surface area contributed by atoms with E-state index in [9.17, 15) is 19.5 Å². The van der Waals surface area contributed by atoms with Crippen LogP contribution in [0.15, 0.2) is 54.1 Å². The first kappa shape index (κ1) is 25.3. The van der Waals surface area contributed by atoms with E-state index in [4.69, 9.17) is 16.3 Å². The number of aliphatic hydroxyl groups excluding tert-OH is 1. The van der Waals surface area contributed by atoms with Gasteiger partial charge in [-0.25, -0.2) is 9.18 Å². The van der Waals surface area contributed by atoms with Crippen molar-refractivity contribution in [3.05, 3.63) is 59.7 Å². The van der Waals surface area contributed by atoms with Crippen molar-refractivity contribution < 1.29 is 28.6 Å². The molecule has 8 atom stereocenters. The first-order valence-electron chi connectivity index (χ1n) is 12.6. The lowest BCUT2D eigenvalue weighted by Gasteiger charge is -2.62. The fourth-order valence-corrected chi connectivity index (χ4v) is 8.48. The molecule has 4 aliphatic rings. The number of ketones is 2. The number of fused-ring (bicyclic) bond motifs is 5. The molecule has 0 radical (unpaired) electrons. The van der Waals surface area contributed by atoms with Gasteiger partial charge >= 0.3 is 5.97 Å². The van der Waals surface area contributed by atoms with Crippen molar-refractivity contribution in [2.75, 3.05) is 5.88 Å². The number of benzene rings is 1. The van der Waals surface area contributed by atoms with Crippen LogP contribution in [0.1, 0.15) is 56.8 Å². The summed E-state index contributed by atoms with van der Waals surface area (Å²) in [4.78, 5) is 38.9. The van der Waals surface area contributed by atoms with Crippen LogP contribution in [-0.2, 0) is 14.3 Å². The predicted molar refractivity (Wildman–Crippen MR) is 133 cm³/mol. The molecule has 2 unspecified atom stereocenters. The molecule has 36 heavy (non-hydrogen) atoms. The average molecular weight is 515 g/mol. The third-order valence-corrected chi connectivity index (χ3v) is 10.2. The first-order valence-corrected chi connectivity index (χ1v) is 13.2. The molecule has 0 saturated heterocycles. The Labute approximate surface area is 215 Å². The van der Waals surface area contributed by atoms with Crippen molar-refractivity contribution in [1.29, 1.82) is 0 Å². The molecule has 1 aromatic carbocycles. The second-order valence-corrected chi connectivity index (χ2v) is 11.7. The number of ether oxygens (including phenoxy) is 1. The van der Waals surface area contributed by atoms with Crippen LogP contribution in [0.3, 0.4) is 0 Å². The average Bonchev–Trinajstić information content (AvgIpc) is 3.07. The second kappa shape index (κ2) is 8.35. The molecule has 0 aromatic heterocycles. The van der Waals surface area contributed by atoms with Crippen molar-refractivity contribution in [2.45, 2.75) is 63.8 Å². The molecule has 3 saturated carbocycles. The van der Waals surface area contributed by atoms with E-state index >= 15 is 4.39 Å². The third-order valence-electron chi connectivity index (χ3n) is 9.98. The Morgan fingerprint density at radius 1 is 1.19 bits per heavy atom. The van der Waals surface area contributed by atoms with Gasteiger partial charge < -0.3 is 9.84 Å². The van der Waals surface area contributed by atoms with Crippen LogP contribution in [0, 0.1) is 28.6 Å². The van der Waals surface area contributed by atoms with Crippen LogP contribution in [0.4, 0.5) is 4.39 Å². The monoisotopic (exact) mass is 514 g/mol. The van der Waals surface area contributed by atoms with Gasteiger partial charge in [-0.2, -0.15) is 0 Å². The molecule has 0 heterocycles. The molecule has 192 valence electrons. The zero-order chi connectivity index (χ0) is 26.1. The number of Topliss-reactive ketones (excluding diaryl/α,β-unsaturated/α-hetero) is 1. The summed E-state index contributed by atoms with van der Waals surface area (Å²) in [6.45, 7) is 5.46. The minimum atomic E-state index is -2.03. The van der Waals surface area contributed by atoms with E-state index in [2.05, 4.69) is 0 Å². The summed E-state index contributed by atoms with van der Waals surface area (Å²) >= 11 is 6.11. The highest BCUT2D eigenvalue weighted by Crippen LogP contribution is 2.71. The lowest BCUT2D eigenvalue weighted by atomic mass is 9.44. The molecule has 0 spiro atoms. The highest BCUT2D eigenvalue weighted by Gasteiger charge is 2.77. The van der Waals surface area contributed by atoms with E-state index in [1.165, 1.54) is 12.2 Å². The summed E-state index contributed by atoms with van der Waals surface area (Å²) in [5.41, 5.74) is -4.76. The van der Waals surface area contributed by atoms with Crippen LogP contribution in [0.25, 0.3) is 0 Å². The molecular formula is C29H32ClFO5. The maximum absolute atomic E-state index is 17.4. The molecule has 5 nitrogen and oxygen atoms in total.